The molecule has 4 heteroatoms. The summed E-state index contributed by atoms with van der Waals surface area (Å²) in [7, 11) is 0. The van der Waals surface area contributed by atoms with Crippen molar-refractivity contribution in [1.29, 1.82) is 0 Å². The first kappa shape index (κ1) is 12.4. The summed E-state index contributed by atoms with van der Waals surface area (Å²) < 4.78 is 0. The summed E-state index contributed by atoms with van der Waals surface area (Å²) in [6, 6.07) is 0. The average Bonchev–Trinajstić information content (AvgIpc) is 2.52. The number of carbonyl (C=O) groups is 2. The third kappa shape index (κ3) is 2.05. The molecule has 0 radical (unpaired) electrons. The molecule has 0 aromatic carbocycles. The maximum absolute atomic E-state index is 11.5. The zero-order chi connectivity index (χ0) is 12.8. The molecule has 2 aliphatic rings. The van der Waals surface area contributed by atoms with E-state index in [1.807, 2.05) is 13.8 Å². The maximum atomic E-state index is 11.5. The molecule has 96 valence electrons. The lowest BCUT2D eigenvalue weighted by molar-refractivity contribution is -0.129. The molecule has 5 unspecified atom stereocenters. The molecule has 4 nitrogen and oxygen atoms in total. The van der Waals surface area contributed by atoms with Crippen LogP contribution in [0.15, 0.2) is 0 Å². The topological polar surface area (TPSA) is 86.2 Å². The molecule has 2 rings (SSSR count). The Kier molecular flexibility index (Phi) is 2.92. The second-order valence-electron chi connectivity index (χ2n) is 6.29. The van der Waals surface area contributed by atoms with E-state index in [9.17, 15) is 9.59 Å². The van der Waals surface area contributed by atoms with Gasteiger partial charge in [-0.2, -0.15) is 0 Å². The minimum absolute atomic E-state index is 0.0831. The summed E-state index contributed by atoms with van der Waals surface area (Å²) in [5.41, 5.74) is 10.5. The van der Waals surface area contributed by atoms with E-state index in [1.54, 1.807) is 0 Å². The van der Waals surface area contributed by atoms with Crippen LogP contribution in [0, 0.1) is 29.1 Å². The van der Waals surface area contributed by atoms with E-state index in [0.717, 1.165) is 25.7 Å². The Balaban J connectivity index is 2.15. The number of hydrogen-bond acceptors (Lipinski definition) is 2. The van der Waals surface area contributed by atoms with E-state index in [2.05, 4.69) is 0 Å². The number of rotatable bonds is 3. The van der Waals surface area contributed by atoms with Gasteiger partial charge >= 0.3 is 0 Å². The summed E-state index contributed by atoms with van der Waals surface area (Å²) in [5.74, 6) is 0.827. The highest BCUT2D eigenvalue weighted by molar-refractivity contribution is 5.80. The van der Waals surface area contributed by atoms with Crippen LogP contribution < -0.4 is 11.5 Å². The summed E-state index contributed by atoms with van der Waals surface area (Å²) in [5, 5.41) is 0. The summed E-state index contributed by atoms with van der Waals surface area (Å²) in [6.07, 6.45) is 3.85. The van der Waals surface area contributed by atoms with Gasteiger partial charge in [0.05, 0.1) is 0 Å². The molecule has 17 heavy (non-hydrogen) atoms. The van der Waals surface area contributed by atoms with E-state index in [1.165, 1.54) is 0 Å². The lowest BCUT2D eigenvalue weighted by atomic mass is 9.68. The molecule has 0 saturated heterocycles. The molecule has 2 amide bonds. The molecule has 2 saturated carbocycles. The average molecular weight is 238 g/mol. The van der Waals surface area contributed by atoms with Gasteiger partial charge in [0.15, 0.2) is 0 Å². The van der Waals surface area contributed by atoms with Gasteiger partial charge in [-0.05, 0) is 43.4 Å². The molecular formula is C13H22N2O2. The number of fused-ring (bicyclic) bond motifs is 2. The van der Waals surface area contributed by atoms with Crippen LogP contribution in [0.5, 0.6) is 0 Å². The molecule has 2 aliphatic carbocycles. The van der Waals surface area contributed by atoms with Crippen LogP contribution in [0.3, 0.4) is 0 Å². The van der Waals surface area contributed by atoms with E-state index in [4.69, 9.17) is 11.5 Å². The molecule has 0 aromatic heterocycles. The van der Waals surface area contributed by atoms with Gasteiger partial charge in [0.2, 0.25) is 11.8 Å². The van der Waals surface area contributed by atoms with E-state index >= 15 is 0 Å². The van der Waals surface area contributed by atoms with E-state index < -0.39 is 0 Å². The van der Waals surface area contributed by atoms with Gasteiger partial charge in [-0.25, -0.2) is 0 Å². The van der Waals surface area contributed by atoms with Crippen molar-refractivity contribution in [3.8, 4) is 0 Å². The van der Waals surface area contributed by atoms with Gasteiger partial charge in [-0.15, -0.1) is 0 Å². The highest BCUT2D eigenvalue weighted by atomic mass is 16.1. The van der Waals surface area contributed by atoms with Crippen molar-refractivity contribution in [3.63, 3.8) is 0 Å². The van der Waals surface area contributed by atoms with Gasteiger partial charge in [0, 0.05) is 11.3 Å². The van der Waals surface area contributed by atoms with Crippen molar-refractivity contribution in [2.75, 3.05) is 0 Å². The monoisotopic (exact) mass is 238 g/mol. The van der Waals surface area contributed by atoms with Crippen molar-refractivity contribution in [2.45, 2.75) is 39.5 Å². The summed E-state index contributed by atoms with van der Waals surface area (Å²) >= 11 is 0. The van der Waals surface area contributed by atoms with Gasteiger partial charge in [0.1, 0.15) is 0 Å². The Bertz CT molecular complexity index is 355. The van der Waals surface area contributed by atoms with Crippen LogP contribution >= 0.6 is 0 Å². The first-order chi connectivity index (χ1) is 7.83. The number of nitrogens with two attached hydrogens (primary N) is 2. The van der Waals surface area contributed by atoms with Gasteiger partial charge in [-0.1, -0.05) is 13.8 Å². The van der Waals surface area contributed by atoms with Crippen LogP contribution in [0.1, 0.15) is 39.5 Å². The molecule has 4 N–H and O–H groups in total. The van der Waals surface area contributed by atoms with Crippen molar-refractivity contribution >= 4 is 11.8 Å². The second-order valence-corrected chi connectivity index (χ2v) is 6.29. The normalized spacial score (nSPS) is 42.1. The van der Waals surface area contributed by atoms with Crippen molar-refractivity contribution in [1.82, 2.24) is 0 Å². The Morgan fingerprint density at radius 3 is 2.41 bits per heavy atom. The fourth-order valence-corrected chi connectivity index (χ4v) is 4.00. The van der Waals surface area contributed by atoms with Crippen LogP contribution in [-0.2, 0) is 9.59 Å². The van der Waals surface area contributed by atoms with Gasteiger partial charge < -0.3 is 11.5 Å². The highest BCUT2D eigenvalue weighted by Gasteiger charge is 2.50. The fraction of sp³-hybridized carbons (Fsp3) is 0.846. The molecule has 0 aromatic rings. The number of amides is 2. The Morgan fingerprint density at radius 2 is 1.88 bits per heavy atom. The standard InChI is InChI=1S/C13H22N2O2/c1-7(11(14)16)10-4-8-3-9(10)6-13(2,5-8)12(15)17/h7-10H,3-6H2,1-2H3,(H2,14,16)(H2,15,17). The third-order valence-electron chi connectivity index (χ3n) is 4.98. The van der Waals surface area contributed by atoms with Gasteiger partial charge in [0.25, 0.3) is 0 Å². The number of primary amides is 2. The molecular weight excluding hydrogens is 216 g/mol. The van der Waals surface area contributed by atoms with Crippen molar-refractivity contribution in [3.05, 3.63) is 0 Å². The number of carbonyl (C=O) groups excluding carboxylic acids is 2. The zero-order valence-corrected chi connectivity index (χ0v) is 10.6. The van der Waals surface area contributed by atoms with Crippen LogP contribution in [-0.4, -0.2) is 11.8 Å². The first-order valence-corrected chi connectivity index (χ1v) is 6.42. The van der Waals surface area contributed by atoms with Crippen LogP contribution in [0.2, 0.25) is 0 Å². The lowest BCUT2D eigenvalue weighted by Gasteiger charge is -2.36. The summed E-state index contributed by atoms with van der Waals surface area (Å²) in [4.78, 5) is 22.8. The Morgan fingerprint density at radius 1 is 1.24 bits per heavy atom. The minimum atomic E-state index is -0.375. The smallest absolute Gasteiger partial charge is 0.223 e. The molecule has 0 aliphatic heterocycles. The minimum Gasteiger partial charge on any atom is -0.369 e. The third-order valence-corrected chi connectivity index (χ3v) is 4.98. The molecule has 0 heterocycles. The van der Waals surface area contributed by atoms with Gasteiger partial charge in [-0.3, -0.25) is 9.59 Å². The highest BCUT2D eigenvalue weighted by Crippen LogP contribution is 2.54. The Labute approximate surface area is 102 Å². The van der Waals surface area contributed by atoms with Crippen molar-refractivity contribution < 1.29 is 9.59 Å². The zero-order valence-electron chi connectivity index (χ0n) is 10.6. The molecule has 2 fully saturated rings. The van der Waals surface area contributed by atoms with E-state index in [0.29, 0.717) is 17.8 Å². The SMILES string of the molecule is CC(C(N)=O)C1CC2CC1CC(C)(C(N)=O)C2. The van der Waals surface area contributed by atoms with E-state index in [-0.39, 0.29) is 23.1 Å². The van der Waals surface area contributed by atoms with Crippen LogP contribution in [0.4, 0.5) is 0 Å². The first-order valence-electron chi connectivity index (χ1n) is 6.42. The second kappa shape index (κ2) is 4.00. The molecule has 5 atom stereocenters. The van der Waals surface area contributed by atoms with Crippen molar-refractivity contribution in [2.24, 2.45) is 40.6 Å². The Hall–Kier alpha value is -1.06. The largest absolute Gasteiger partial charge is 0.369 e. The lowest BCUT2D eigenvalue weighted by Crippen LogP contribution is -2.40. The predicted molar refractivity (Wildman–Crippen MR) is 64.6 cm³/mol. The predicted octanol–water partition coefficient (Wildman–Crippen LogP) is 1.04. The molecule has 2 bridgehead atoms. The van der Waals surface area contributed by atoms with Crippen LogP contribution in [0.25, 0.3) is 0 Å². The number of hydrogen-bond donors (Lipinski definition) is 2. The molecule has 0 spiro atoms. The fourth-order valence-electron chi connectivity index (χ4n) is 4.00. The quantitative estimate of drug-likeness (QED) is 0.769. The summed E-state index contributed by atoms with van der Waals surface area (Å²) in [6.45, 7) is 3.88. The maximum Gasteiger partial charge on any atom is 0.223 e.